The van der Waals surface area contributed by atoms with E-state index in [1.165, 1.54) is 0 Å². The van der Waals surface area contributed by atoms with Crippen molar-refractivity contribution in [3.8, 4) is 17.2 Å². The standard InChI is InChI=1S/C12H15N3O2/c1-3-16-10-6-4-9(5-7-10)12-14-11(8(2)13)15-17-12/h4-8H,3,13H2,1-2H3. The number of hydrogen-bond acceptors (Lipinski definition) is 5. The zero-order chi connectivity index (χ0) is 12.3. The average Bonchev–Trinajstić information content (AvgIpc) is 2.80. The molecule has 1 heterocycles. The van der Waals surface area contributed by atoms with Crippen molar-refractivity contribution in [2.75, 3.05) is 6.61 Å². The third-order valence-corrected chi connectivity index (χ3v) is 2.26. The van der Waals surface area contributed by atoms with E-state index < -0.39 is 0 Å². The second kappa shape index (κ2) is 4.97. The molecule has 0 aliphatic carbocycles. The molecule has 5 heteroatoms. The molecule has 0 bridgehead atoms. The molecule has 1 aromatic heterocycles. The highest BCUT2D eigenvalue weighted by atomic mass is 16.5. The lowest BCUT2D eigenvalue weighted by Crippen LogP contribution is -2.06. The molecule has 2 aromatic rings. The SMILES string of the molecule is CCOc1ccc(-c2nc(C(C)N)no2)cc1. The summed E-state index contributed by atoms with van der Waals surface area (Å²) in [7, 11) is 0. The molecule has 0 fully saturated rings. The maximum absolute atomic E-state index is 5.66. The summed E-state index contributed by atoms with van der Waals surface area (Å²) in [6.07, 6.45) is 0. The van der Waals surface area contributed by atoms with Crippen LogP contribution in [-0.4, -0.2) is 16.7 Å². The van der Waals surface area contributed by atoms with Crippen molar-refractivity contribution in [2.24, 2.45) is 5.73 Å². The molecule has 0 aliphatic heterocycles. The first kappa shape index (κ1) is 11.6. The number of nitrogens with zero attached hydrogens (tertiary/aromatic N) is 2. The van der Waals surface area contributed by atoms with Crippen LogP contribution in [0.3, 0.4) is 0 Å². The second-order valence-corrected chi connectivity index (χ2v) is 3.70. The molecule has 1 atom stereocenters. The Bertz CT molecular complexity index is 477. The summed E-state index contributed by atoms with van der Waals surface area (Å²) in [4.78, 5) is 4.21. The third kappa shape index (κ3) is 2.62. The Labute approximate surface area is 99.6 Å². The van der Waals surface area contributed by atoms with Crippen molar-refractivity contribution >= 4 is 0 Å². The van der Waals surface area contributed by atoms with E-state index in [1.807, 2.05) is 38.1 Å². The van der Waals surface area contributed by atoms with Gasteiger partial charge < -0.3 is 15.0 Å². The average molecular weight is 233 g/mol. The van der Waals surface area contributed by atoms with Gasteiger partial charge in [0.15, 0.2) is 5.82 Å². The fourth-order valence-corrected chi connectivity index (χ4v) is 1.40. The molecular weight excluding hydrogens is 218 g/mol. The summed E-state index contributed by atoms with van der Waals surface area (Å²) in [6, 6.07) is 7.27. The Morgan fingerprint density at radius 1 is 1.35 bits per heavy atom. The first-order valence-corrected chi connectivity index (χ1v) is 5.53. The number of hydrogen-bond donors (Lipinski definition) is 1. The molecule has 1 unspecified atom stereocenters. The van der Waals surface area contributed by atoms with Crippen molar-refractivity contribution < 1.29 is 9.26 Å². The van der Waals surface area contributed by atoms with Gasteiger partial charge in [-0.3, -0.25) is 0 Å². The van der Waals surface area contributed by atoms with E-state index in [2.05, 4.69) is 10.1 Å². The number of benzene rings is 1. The lowest BCUT2D eigenvalue weighted by Gasteiger charge is -2.02. The topological polar surface area (TPSA) is 74.2 Å². The molecule has 0 amide bonds. The van der Waals surface area contributed by atoms with Crippen LogP contribution in [0.5, 0.6) is 5.75 Å². The number of ether oxygens (including phenoxy) is 1. The molecule has 17 heavy (non-hydrogen) atoms. The highest BCUT2D eigenvalue weighted by Gasteiger charge is 2.11. The predicted octanol–water partition coefficient (Wildman–Crippen LogP) is 2.16. The van der Waals surface area contributed by atoms with Gasteiger partial charge in [0.05, 0.1) is 12.6 Å². The molecule has 0 saturated heterocycles. The largest absolute Gasteiger partial charge is 0.494 e. The minimum atomic E-state index is -0.227. The Kier molecular flexibility index (Phi) is 3.39. The minimum Gasteiger partial charge on any atom is -0.494 e. The lowest BCUT2D eigenvalue weighted by atomic mass is 10.2. The molecule has 5 nitrogen and oxygen atoms in total. The van der Waals surface area contributed by atoms with Crippen LogP contribution < -0.4 is 10.5 Å². The quantitative estimate of drug-likeness (QED) is 0.875. The fraction of sp³-hybridized carbons (Fsp3) is 0.333. The van der Waals surface area contributed by atoms with Gasteiger partial charge >= 0.3 is 0 Å². The third-order valence-electron chi connectivity index (χ3n) is 2.26. The smallest absolute Gasteiger partial charge is 0.257 e. The lowest BCUT2D eigenvalue weighted by molar-refractivity contribution is 0.340. The predicted molar refractivity (Wildman–Crippen MR) is 63.5 cm³/mol. The molecular formula is C12H15N3O2. The van der Waals surface area contributed by atoms with E-state index in [-0.39, 0.29) is 6.04 Å². The Morgan fingerprint density at radius 3 is 2.59 bits per heavy atom. The zero-order valence-corrected chi connectivity index (χ0v) is 9.88. The number of nitrogens with two attached hydrogens (primary N) is 1. The summed E-state index contributed by atoms with van der Waals surface area (Å²) < 4.78 is 10.5. The summed E-state index contributed by atoms with van der Waals surface area (Å²) in [5.74, 6) is 1.80. The van der Waals surface area contributed by atoms with E-state index >= 15 is 0 Å². The van der Waals surface area contributed by atoms with Crippen molar-refractivity contribution in [1.82, 2.24) is 10.1 Å². The normalized spacial score (nSPS) is 12.4. The summed E-state index contributed by atoms with van der Waals surface area (Å²) in [5.41, 5.74) is 6.52. The van der Waals surface area contributed by atoms with Gasteiger partial charge in [0.1, 0.15) is 5.75 Å². The van der Waals surface area contributed by atoms with E-state index in [9.17, 15) is 0 Å². The molecule has 0 saturated carbocycles. The maximum Gasteiger partial charge on any atom is 0.257 e. The van der Waals surface area contributed by atoms with Crippen LogP contribution in [0.1, 0.15) is 25.7 Å². The van der Waals surface area contributed by atoms with Crippen molar-refractivity contribution in [2.45, 2.75) is 19.9 Å². The van der Waals surface area contributed by atoms with Crippen molar-refractivity contribution in [1.29, 1.82) is 0 Å². The van der Waals surface area contributed by atoms with Crippen LogP contribution in [0.4, 0.5) is 0 Å². The number of aromatic nitrogens is 2. The van der Waals surface area contributed by atoms with Gasteiger partial charge in [-0.25, -0.2) is 0 Å². The van der Waals surface area contributed by atoms with Crippen LogP contribution in [0.15, 0.2) is 28.8 Å². The van der Waals surface area contributed by atoms with Crippen LogP contribution >= 0.6 is 0 Å². The Hall–Kier alpha value is -1.88. The monoisotopic (exact) mass is 233 g/mol. The second-order valence-electron chi connectivity index (χ2n) is 3.70. The highest BCUT2D eigenvalue weighted by Crippen LogP contribution is 2.21. The maximum atomic E-state index is 5.66. The number of rotatable bonds is 4. The van der Waals surface area contributed by atoms with Crippen LogP contribution in [-0.2, 0) is 0 Å². The zero-order valence-electron chi connectivity index (χ0n) is 9.88. The first-order valence-electron chi connectivity index (χ1n) is 5.53. The van der Waals surface area contributed by atoms with Gasteiger partial charge in [0, 0.05) is 5.56 Å². The Morgan fingerprint density at radius 2 is 2.06 bits per heavy atom. The first-order chi connectivity index (χ1) is 8.20. The summed E-state index contributed by atoms with van der Waals surface area (Å²) >= 11 is 0. The fourth-order valence-electron chi connectivity index (χ4n) is 1.40. The van der Waals surface area contributed by atoms with Crippen LogP contribution in [0.25, 0.3) is 11.5 Å². The van der Waals surface area contributed by atoms with Crippen LogP contribution in [0.2, 0.25) is 0 Å². The molecule has 0 aliphatic rings. The van der Waals surface area contributed by atoms with Gasteiger partial charge in [-0.2, -0.15) is 4.98 Å². The van der Waals surface area contributed by atoms with Crippen LogP contribution in [0, 0.1) is 0 Å². The summed E-state index contributed by atoms with van der Waals surface area (Å²) in [5, 5.41) is 3.81. The van der Waals surface area contributed by atoms with E-state index in [1.54, 1.807) is 0 Å². The molecule has 0 spiro atoms. The van der Waals surface area contributed by atoms with Gasteiger partial charge in [-0.15, -0.1) is 0 Å². The van der Waals surface area contributed by atoms with Gasteiger partial charge in [0.25, 0.3) is 5.89 Å². The van der Waals surface area contributed by atoms with Crippen molar-refractivity contribution in [3.05, 3.63) is 30.1 Å². The van der Waals surface area contributed by atoms with E-state index in [4.69, 9.17) is 15.0 Å². The molecule has 90 valence electrons. The summed E-state index contributed by atoms with van der Waals surface area (Å²) in [6.45, 7) is 4.41. The van der Waals surface area contributed by atoms with Gasteiger partial charge in [-0.1, -0.05) is 5.16 Å². The van der Waals surface area contributed by atoms with Gasteiger partial charge in [-0.05, 0) is 38.1 Å². The van der Waals surface area contributed by atoms with Crippen molar-refractivity contribution in [3.63, 3.8) is 0 Å². The van der Waals surface area contributed by atoms with Gasteiger partial charge in [0.2, 0.25) is 0 Å². The minimum absolute atomic E-state index is 0.227. The molecule has 2 rings (SSSR count). The molecule has 2 N–H and O–H groups in total. The Balaban J connectivity index is 2.21. The van der Waals surface area contributed by atoms with E-state index in [0.717, 1.165) is 11.3 Å². The molecule has 1 aromatic carbocycles. The molecule has 0 radical (unpaired) electrons. The highest BCUT2D eigenvalue weighted by molar-refractivity contribution is 5.54. The van der Waals surface area contributed by atoms with E-state index in [0.29, 0.717) is 18.3 Å².